The Morgan fingerprint density at radius 2 is 2.22 bits per heavy atom. The lowest BCUT2D eigenvalue weighted by atomic mass is 10.2. The first-order valence-electron chi connectivity index (χ1n) is 5.05. The zero-order valence-electron chi connectivity index (χ0n) is 9.42. The molecule has 1 aromatic heterocycles. The topological polar surface area (TPSA) is 80.4 Å². The van der Waals surface area contributed by atoms with Crippen LogP contribution in [0.1, 0.15) is 21.7 Å². The highest BCUT2D eigenvalue weighted by Gasteiger charge is 2.13. The van der Waals surface area contributed by atoms with Gasteiger partial charge in [-0.1, -0.05) is 35.0 Å². The van der Waals surface area contributed by atoms with E-state index >= 15 is 0 Å². The lowest BCUT2D eigenvalue weighted by Crippen LogP contribution is -2.19. The summed E-state index contributed by atoms with van der Waals surface area (Å²) in [6.07, 6.45) is 1.45. The number of aryl methyl sites for hydroxylation is 1. The Bertz CT molecular complexity index is 594. The first kappa shape index (κ1) is 12.3. The highest BCUT2D eigenvalue weighted by atomic mass is 35.5. The maximum Gasteiger partial charge on any atom is 0.295 e. The third-order valence-corrected chi connectivity index (χ3v) is 2.49. The Kier molecular flexibility index (Phi) is 3.69. The number of benzene rings is 1. The molecule has 0 aliphatic carbocycles. The maximum absolute atomic E-state index is 11.6. The van der Waals surface area contributed by atoms with E-state index < -0.39 is 5.91 Å². The van der Waals surface area contributed by atoms with E-state index in [1.54, 1.807) is 19.1 Å². The van der Waals surface area contributed by atoms with Crippen molar-refractivity contribution in [2.45, 2.75) is 6.92 Å². The van der Waals surface area contributed by atoms with Gasteiger partial charge in [0.25, 0.3) is 5.91 Å². The van der Waals surface area contributed by atoms with Crippen LogP contribution in [0.2, 0.25) is 5.02 Å². The number of carbonyl (C=O) groups excluding carboxylic acids is 1. The van der Waals surface area contributed by atoms with Crippen LogP contribution >= 0.6 is 11.6 Å². The quantitative estimate of drug-likeness (QED) is 0.677. The van der Waals surface area contributed by atoms with Crippen molar-refractivity contribution in [3.63, 3.8) is 0 Å². The van der Waals surface area contributed by atoms with Crippen LogP contribution in [0.5, 0.6) is 0 Å². The normalized spacial score (nSPS) is 10.8. The minimum Gasteiger partial charge on any atom is -0.265 e. The summed E-state index contributed by atoms with van der Waals surface area (Å²) in [5, 5.41) is 11.3. The standard InChI is InChI=1S/C11H9ClN4O2/c1-7-10(16-18-15-7)11(17)14-13-6-8-4-2-3-5-9(8)12/h2-6H,1H3,(H,14,17). The van der Waals surface area contributed by atoms with Gasteiger partial charge in [-0.25, -0.2) is 10.1 Å². The van der Waals surface area contributed by atoms with Gasteiger partial charge in [-0.05, 0) is 18.1 Å². The average molecular weight is 265 g/mol. The molecule has 0 saturated heterocycles. The number of halogens is 1. The molecule has 1 heterocycles. The average Bonchev–Trinajstić information content (AvgIpc) is 2.78. The number of amides is 1. The molecule has 2 rings (SSSR count). The van der Waals surface area contributed by atoms with Crippen LogP contribution in [-0.2, 0) is 0 Å². The zero-order chi connectivity index (χ0) is 13.0. The van der Waals surface area contributed by atoms with E-state index in [9.17, 15) is 4.79 Å². The van der Waals surface area contributed by atoms with Crippen molar-refractivity contribution >= 4 is 23.7 Å². The van der Waals surface area contributed by atoms with Crippen molar-refractivity contribution < 1.29 is 9.42 Å². The fourth-order valence-electron chi connectivity index (χ4n) is 1.23. The number of hydrogen-bond donors (Lipinski definition) is 1. The SMILES string of the molecule is Cc1nonc1C(=O)NN=Cc1ccccc1Cl. The van der Waals surface area contributed by atoms with Crippen molar-refractivity contribution in [1.82, 2.24) is 15.7 Å². The number of nitrogens with zero attached hydrogens (tertiary/aromatic N) is 3. The van der Waals surface area contributed by atoms with Crippen LogP contribution < -0.4 is 5.43 Å². The minimum absolute atomic E-state index is 0.103. The Labute approximate surface area is 108 Å². The summed E-state index contributed by atoms with van der Waals surface area (Å²) in [5.74, 6) is -0.489. The molecule has 92 valence electrons. The predicted molar refractivity (Wildman–Crippen MR) is 65.5 cm³/mol. The smallest absolute Gasteiger partial charge is 0.265 e. The second-order valence-corrected chi connectivity index (χ2v) is 3.83. The Hall–Kier alpha value is -2.21. The van der Waals surface area contributed by atoms with Gasteiger partial charge in [0, 0.05) is 10.6 Å². The molecule has 7 heteroatoms. The first-order valence-corrected chi connectivity index (χ1v) is 5.43. The minimum atomic E-state index is -0.489. The largest absolute Gasteiger partial charge is 0.295 e. The molecule has 0 fully saturated rings. The Morgan fingerprint density at radius 1 is 1.44 bits per heavy atom. The molecule has 1 aromatic carbocycles. The fraction of sp³-hybridized carbons (Fsp3) is 0.0909. The summed E-state index contributed by atoms with van der Waals surface area (Å²) >= 11 is 5.92. The van der Waals surface area contributed by atoms with E-state index in [2.05, 4.69) is 25.5 Å². The first-order chi connectivity index (χ1) is 8.68. The third-order valence-electron chi connectivity index (χ3n) is 2.14. The van der Waals surface area contributed by atoms with Crippen molar-refractivity contribution in [3.8, 4) is 0 Å². The number of carbonyl (C=O) groups is 1. The summed E-state index contributed by atoms with van der Waals surface area (Å²) in [6.45, 7) is 1.61. The molecule has 0 saturated carbocycles. The van der Waals surface area contributed by atoms with Gasteiger partial charge in [0.2, 0.25) is 0 Å². The van der Waals surface area contributed by atoms with E-state index in [-0.39, 0.29) is 5.69 Å². The van der Waals surface area contributed by atoms with Gasteiger partial charge in [0.05, 0.1) is 6.21 Å². The molecule has 0 spiro atoms. The van der Waals surface area contributed by atoms with Gasteiger partial charge in [-0.15, -0.1) is 0 Å². The van der Waals surface area contributed by atoms with E-state index in [1.165, 1.54) is 6.21 Å². The number of aromatic nitrogens is 2. The summed E-state index contributed by atoms with van der Waals surface area (Å²) in [7, 11) is 0. The van der Waals surface area contributed by atoms with E-state index in [0.717, 1.165) is 0 Å². The van der Waals surface area contributed by atoms with Crippen molar-refractivity contribution in [1.29, 1.82) is 0 Å². The van der Waals surface area contributed by atoms with Crippen molar-refractivity contribution in [2.75, 3.05) is 0 Å². The molecule has 18 heavy (non-hydrogen) atoms. The summed E-state index contributed by atoms with van der Waals surface area (Å²) < 4.78 is 4.42. The Morgan fingerprint density at radius 3 is 2.89 bits per heavy atom. The lowest BCUT2D eigenvalue weighted by Gasteiger charge is -1.97. The second kappa shape index (κ2) is 5.42. The van der Waals surface area contributed by atoms with Gasteiger partial charge >= 0.3 is 0 Å². The molecule has 0 atom stereocenters. The number of hydrogen-bond acceptors (Lipinski definition) is 5. The van der Waals surface area contributed by atoms with Gasteiger partial charge in [0.15, 0.2) is 5.69 Å². The van der Waals surface area contributed by atoms with Crippen molar-refractivity contribution in [3.05, 3.63) is 46.2 Å². The van der Waals surface area contributed by atoms with E-state index in [0.29, 0.717) is 16.3 Å². The third kappa shape index (κ3) is 2.72. The second-order valence-electron chi connectivity index (χ2n) is 3.42. The molecule has 1 amide bonds. The fourth-order valence-corrected chi connectivity index (χ4v) is 1.42. The van der Waals surface area contributed by atoms with Crippen LogP contribution in [0.15, 0.2) is 34.0 Å². The van der Waals surface area contributed by atoms with Crippen LogP contribution in [0.4, 0.5) is 0 Å². The number of nitrogens with one attached hydrogen (secondary N) is 1. The van der Waals surface area contributed by atoms with Crippen LogP contribution in [0.25, 0.3) is 0 Å². The zero-order valence-corrected chi connectivity index (χ0v) is 10.2. The molecule has 0 aliphatic rings. The molecule has 6 nitrogen and oxygen atoms in total. The molecular weight excluding hydrogens is 256 g/mol. The molecular formula is C11H9ClN4O2. The monoisotopic (exact) mass is 264 g/mol. The Balaban J connectivity index is 2.03. The van der Waals surface area contributed by atoms with E-state index in [1.807, 2.05) is 12.1 Å². The molecule has 0 radical (unpaired) electrons. The van der Waals surface area contributed by atoms with Gasteiger partial charge < -0.3 is 0 Å². The van der Waals surface area contributed by atoms with Crippen LogP contribution in [0.3, 0.4) is 0 Å². The van der Waals surface area contributed by atoms with Crippen LogP contribution in [-0.4, -0.2) is 22.4 Å². The van der Waals surface area contributed by atoms with Gasteiger partial charge in [0.1, 0.15) is 5.69 Å². The van der Waals surface area contributed by atoms with Crippen LogP contribution in [0, 0.1) is 6.92 Å². The number of rotatable bonds is 3. The molecule has 0 unspecified atom stereocenters. The molecule has 2 aromatic rings. The summed E-state index contributed by atoms with van der Waals surface area (Å²) in [5.41, 5.74) is 3.52. The van der Waals surface area contributed by atoms with E-state index in [4.69, 9.17) is 11.6 Å². The maximum atomic E-state index is 11.6. The molecule has 1 N–H and O–H groups in total. The van der Waals surface area contributed by atoms with Gasteiger partial charge in [-0.3, -0.25) is 4.79 Å². The predicted octanol–water partition coefficient (Wildman–Crippen LogP) is 1.80. The number of hydrazone groups is 1. The summed E-state index contributed by atoms with van der Waals surface area (Å²) in [6, 6.07) is 7.14. The van der Waals surface area contributed by atoms with Gasteiger partial charge in [-0.2, -0.15) is 5.10 Å². The lowest BCUT2D eigenvalue weighted by molar-refractivity contribution is 0.0945. The highest BCUT2D eigenvalue weighted by Crippen LogP contribution is 2.12. The molecule has 0 aliphatic heterocycles. The van der Waals surface area contributed by atoms with Crippen molar-refractivity contribution in [2.24, 2.45) is 5.10 Å². The molecule has 0 bridgehead atoms. The highest BCUT2D eigenvalue weighted by molar-refractivity contribution is 6.33. The summed E-state index contributed by atoms with van der Waals surface area (Å²) in [4.78, 5) is 11.6.